The summed E-state index contributed by atoms with van der Waals surface area (Å²) in [5, 5.41) is 3.49. The monoisotopic (exact) mass is 250 g/mol. The van der Waals surface area contributed by atoms with Crippen LogP contribution in [-0.4, -0.2) is 11.1 Å². The van der Waals surface area contributed by atoms with Crippen LogP contribution in [-0.2, 0) is 6.54 Å². The number of nitrogens with one attached hydrogen (secondary N) is 1. The Bertz CT molecular complexity index is 304. The van der Waals surface area contributed by atoms with E-state index in [0.717, 1.165) is 6.54 Å². The van der Waals surface area contributed by atoms with Gasteiger partial charge >= 0.3 is 0 Å². The SMILES string of the molecule is CCCCCCCCn1cccc1C(C)NCC. The van der Waals surface area contributed by atoms with E-state index in [4.69, 9.17) is 0 Å². The first-order chi connectivity index (χ1) is 8.79. The van der Waals surface area contributed by atoms with Crippen LogP contribution in [0.3, 0.4) is 0 Å². The Balaban J connectivity index is 2.27. The molecular weight excluding hydrogens is 220 g/mol. The van der Waals surface area contributed by atoms with E-state index >= 15 is 0 Å². The minimum atomic E-state index is 0.463. The molecule has 1 atom stereocenters. The molecule has 0 bridgehead atoms. The fourth-order valence-electron chi connectivity index (χ4n) is 2.50. The smallest absolute Gasteiger partial charge is 0.0446 e. The molecule has 0 aliphatic heterocycles. The summed E-state index contributed by atoms with van der Waals surface area (Å²) >= 11 is 0. The van der Waals surface area contributed by atoms with Gasteiger partial charge in [-0.15, -0.1) is 0 Å². The lowest BCUT2D eigenvalue weighted by Gasteiger charge is -2.16. The molecule has 0 saturated carbocycles. The molecule has 1 aromatic heterocycles. The highest BCUT2D eigenvalue weighted by Gasteiger charge is 2.07. The Morgan fingerprint density at radius 3 is 2.56 bits per heavy atom. The molecular formula is C16H30N2. The summed E-state index contributed by atoms with van der Waals surface area (Å²) in [5.41, 5.74) is 1.42. The van der Waals surface area contributed by atoms with Gasteiger partial charge in [0.05, 0.1) is 0 Å². The molecule has 2 heteroatoms. The van der Waals surface area contributed by atoms with Crippen LogP contribution >= 0.6 is 0 Å². The zero-order valence-corrected chi connectivity index (χ0v) is 12.4. The van der Waals surface area contributed by atoms with Crippen LogP contribution in [0, 0.1) is 0 Å². The zero-order chi connectivity index (χ0) is 13.2. The number of hydrogen-bond donors (Lipinski definition) is 1. The Labute approximate surface area is 113 Å². The van der Waals surface area contributed by atoms with Crippen molar-refractivity contribution >= 4 is 0 Å². The van der Waals surface area contributed by atoms with E-state index in [9.17, 15) is 0 Å². The molecule has 0 fully saturated rings. The lowest BCUT2D eigenvalue weighted by atomic mass is 10.1. The molecule has 0 amide bonds. The Morgan fingerprint density at radius 1 is 1.11 bits per heavy atom. The van der Waals surface area contributed by atoms with Gasteiger partial charge in [0.1, 0.15) is 0 Å². The summed E-state index contributed by atoms with van der Waals surface area (Å²) in [6.07, 6.45) is 10.4. The van der Waals surface area contributed by atoms with Crippen molar-refractivity contribution in [3.8, 4) is 0 Å². The van der Waals surface area contributed by atoms with E-state index < -0.39 is 0 Å². The highest BCUT2D eigenvalue weighted by atomic mass is 15.0. The molecule has 104 valence electrons. The summed E-state index contributed by atoms with van der Waals surface area (Å²) in [4.78, 5) is 0. The standard InChI is InChI=1S/C16H30N2/c1-4-6-7-8-9-10-13-18-14-11-12-16(18)15(3)17-5-2/h11-12,14-15,17H,4-10,13H2,1-3H3. The second-order valence-corrected chi connectivity index (χ2v) is 5.17. The van der Waals surface area contributed by atoms with Gasteiger partial charge in [-0.25, -0.2) is 0 Å². The van der Waals surface area contributed by atoms with E-state index in [-0.39, 0.29) is 0 Å². The zero-order valence-electron chi connectivity index (χ0n) is 12.4. The van der Waals surface area contributed by atoms with Crippen LogP contribution in [0.5, 0.6) is 0 Å². The average molecular weight is 250 g/mol. The summed E-state index contributed by atoms with van der Waals surface area (Å²) < 4.78 is 2.41. The number of aromatic nitrogens is 1. The lowest BCUT2D eigenvalue weighted by Crippen LogP contribution is -2.20. The van der Waals surface area contributed by atoms with E-state index in [1.165, 1.54) is 50.8 Å². The second-order valence-electron chi connectivity index (χ2n) is 5.17. The van der Waals surface area contributed by atoms with Gasteiger partial charge in [0.2, 0.25) is 0 Å². The molecule has 0 saturated heterocycles. The van der Waals surface area contributed by atoms with Gasteiger partial charge in [-0.1, -0.05) is 46.0 Å². The first-order valence-corrected chi connectivity index (χ1v) is 7.68. The third kappa shape index (κ3) is 5.26. The first kappa shape index (κ1) is 15.3. The predicted molar refractivity (Wildman–Crippen MR) is 79.9 cm³/mol. The Kier molecular flexibility index (Phi) is 7.83. The normalized spacial score (nSPS) is 12.8. The van der Waals surface area contributed by atoms with Gasteiger partial charge in [0.15, 0.2) is 0 Å². The number of unbranched alkanes of at least 4 members (excludes halogenated alkanes) is 5. The average Bonchev–Trinajstić information content (AvgIpc) is 2.82. The van der Waals surface area contributed by atoms with Crippen molar-refractivity contribution in [2.45, 2.75) is 71.9 Å². The van der Waals surface area contributed by atoms with Crippen LogP contribution in [0.25, 0.3) is 0 Å². The van der Waals surface area contributed by atoms with Crippen LogP contribution in [0.4, 0.5) is 0 Å². The summed E-state index contributed by atoms with van der Waals surface area (Å²) in [6.45, 7) is 8.88. The molecule has 0 aliphatic rings. The van der Waals surface area contributed by atoms with Gasteiger partial charge in [0, 0.05) is 24.5 Å². The molecule has 0 radical (unpaired) electrons. The minimum Gasteiger partial charge on any atom is -0.350 e. The van der Waals surface area contributed by atoms with Gasteiger partial charge in [-0.2, -0.15) is 0 Å². The number of nitrogens with zero attached hydrogens (tertiary/aromatic N) is 1. The van der Waals surface area contributed by atoms with Crippen LogP contribution in [0.1, 0.15) is 71.0 Å². The third-order valence-electron chi connectivity index (χ3n) is 3.57. The molecule has 0 aromatic carbocycles. The van der Waals surface area contributed by atoms with Crippen molar-refractivity contribution in [2.75, 3.05) is 6.54 Å². The predicted octanol–water partition coefficient (Wildman–Crippen LogP) is 4.52. The lowest BCUT2D eigenvalue weighted by molar-refractivity contribution is 0.510. The fourth-order valence-corrected chi connectivity index (χ4v) is 2.50. The minimum absolute atomic E-state index is 0.463. The van der Waals surface area contributed by atoms with Crippen molar-refractivity contribution in [3.05, 3.63) is 24.0 Å². The molecule has 1 N–H and O–H groups in total. The number of aryl methyl sites for hydroxylation is 1. The maximum atomic E-state index is 3.49. The first-order valence-electron chi connectivity index (χ1n) is 7.68. The molecule has 1 rings (SSSR count). The Morgan fingerprint density at radius 2 is 1.83 bits per heavy atom. The molecule has 1 heterocycles. The summed E-state index contributed by atoms with van der Waals surface area (Å²) in [6, 6.07) is 4.87. The van der Waals surface area contributed by atoms with E-state index in [1.807, 2.05) is 0 Å². The third-order valence-corrected chi connectivity index (χ3v) is 3.57. The molecule has 1 unspecified atom stereocenters. The highest BCUT2D eigenvalue weighted by molar-refractivity contribution is 5.11. The maximum absolute atomic E-state index is 3.49. The van der Waals surface area contributed by atoms with Gasteiger partial charge in [-0.3, -0.25) is 0 Å². The van der Waals surface area contributed by atoms with E-state index in [2.05, 4.69) is 49.0 Å². The molecule has 1 aromatic rings. The maximum Gasteiger partial charge on any atom is 0.0446 e. The molecule has 2 nitrogen and oxygen atoms in total. The summed E-state index contributed by atoms with van der Waals surface area (Å²) in [5.74, 6) is 0. The van der Waals surface area contributed by atoms with Crippen LogP contribution in [0.15, 0.2) is 18.3 Å². The largest absolute Gasteiger partial charge is 0.350 e. The molecule has 18 heavy (non-hydrogen) atoms. The van der Waals surface area contributed by atoms with Crippen molar-refractivity contribution in [1.29, 1.82) is 0 Å². The number of rotatable bonds is 10. The molecule has 0 spiro atoms. The number of hydrogen-bond acceptors (Lipinski definition) is 1. The van der Waals surface area contributed by atoms with Crippen LogP contribution < -0.4 is 5.32 Å². The van der Waals surface area contributed by atoms with E-state index in [0.29, 0.717) is 6.04 Å². The molecule has 0 aliphatic carbocycles. The van der Waals surface area contributed by atoms with Gasteiger partial charge in [-0.05, 0) is 32.0 Å². The van der Waals surface area contributed by atoms with Crippen LogP contribution in [0.2, 0.25) is 0 Å². The fraction of sp³-hybridized carbons (Fsp3) is 0.750. The van der Waals surface area contributed by atoms with Crippen molar-refractivity contribution < 1.29 is 0 Å². The highest BCUT2D eigenvalue weighted by Crippen LogP contribution is 2.15. The van der Waals surface area contributed by atoms with Crippen molar-refractivity contribution in [2.24, 2.45) is 0 Å². The second kappa shape index (κ2) is 9.21. The van der Waals surface area contributed by atoms with Crippen molar-refractivity contribution in [1.82, 2.24) is 9.88 Å². The quantitative estimate of drug-likeness (QED) is 0.604. The summed E-state index contributed by atoms with van der Waals surface area (Å²) in [7, 11) is 0. The Hall–Kier alpha value is -0.760. The van der Waals surface area contributed by atoms with Gasteiger partial charge in [0.25, 0.3) is 0 Å². The van der Waals surface area contributed by atoms with Gasteiger partial charge < -0.3 is 9.88 Å². The topological polar surface area (TPSA) is 17.0 Å². The van der Waals surface area contributed by atoms with Crippen molar-refractivity contribution in [3.63, 3.8) is 0 Å². The van der Waals surface area contributed by atoms with E-state index in [1.54, 1.807) is 0 Å².